The Bertz CT molecular complexity index is 462. The van der Waals surface area contributed by atoms with Crippen LogP contribution in [0.3, 0.4) is 0 Å². The van der Waals surface area contributed by atoms with Gasteiger partial charge in [-0.1, -0.05) is 24.3 Å². The molecule has 1 saturated heterocycles. The maximum absolute atomic E-state index is 12.3. The van der Waals surface area contributed by atoms with E-state index < -0.39 is 0 Å². The minimum absolute atomic E-state index is 0.00839. The van der Waals surface area contributed by atoms with Crippen molar-refractivity contribution in [3.63, 3.8) is 0 Å². The van der Waals surface area contributed by atoms with Gasteiger partial charge in [-0.15, -0.1) is 0 Å². The molecule has 110 valence electrons. The molecule has 0 saturated carbocycles. The number of carbonyl (C=O) groups is 1. The molecule has 4 heteroatoms. The largest absolute Gasteiger partial charge is 0.370 e. The van der Waals surface area contributed by atoms with Gasteiger partial charge < -0.3 is 15.0 Å². The van der Waals surface area contributed by atoms with E-state index in [2.05, 4.69) is 24.4 Å². The molecule has 0 aromatic heterocycles. The van der Waals surface area contributed by atoms with E-state index >= 15 is 0 Å². The first-order valence-corrected chi connectivity index (χ1v) is 7.24. The molecule has 2 unspecified atom stereocenters. The van der Waals surface area contributed by atoms with Crippen LogP contribution in [0.25, 0.3) is 0 Å². The van der Waals surface area contributed by atoms with E-state index in [0.717, 1.165) is 6.54 Å². The van der Waals surface area contributed by atoms with Gasteiger partial charge in [0.25, 0.3) is 0 Å². The first-order valence-electron chi connectivity index (χ1n) is 7.24. The summed E-state index contributed by atoms with van der Waals surface area (Å²) in [7, 11) is 1.87. The third-order valence-electron chi connectivity index (χ3n) is 3.88. The van der Waals surface area contributed by atoms with Crippen LogP contribution in [0.2, 0.25) is 0 Å². The molecular formula is C16H24N2O2. The van der Waals surface area contributed by atoms with Gasteiger partial charge in [0.05, 0.1) is 19.2 Å². The Labute approximate surface area is 121 Å². The number of ether oxygens (including phenoxy) is 1. The lowest BCUT2D eigenvalue weighted by Crippen LogP contribution is -2.48. The van der Waals surface area contributed by atoms with Gasteiger partial charge in [0.2, 0.25) is 5.91 Å². The number of morpholine rings is 1. The van der Waals surface area contributed by atoms with Crippen LogP contribution in [-0.2, 0) is 9.53 Å². The Hall–Kier alpha value is -1.39. The maximum atomic E-state index is 12.3. The lowest BCUT2D eigenvalue weighted by Gasteiger charge is -2.38. The smallest absolute Gasteiger partial charge is 0.224 e. The van der Waals surface area contributed by atoms with E-state index in [4.69, 9.17) is 4.74 Å². The number of carbonyl (C=O) groups excluding carboxylic acids is 1. The molecule has 1 amide bonds. The number of nitrogens with zero attached hydrogens (tertiary/aromatic N) is 1. The third kappa shape index (κ3) is 3.38. The van der Waals surface area contributed by atoms with Crippen molar-refractivity contribution in [3.05, 3.63) is 35.4 Å². The normalized spacial score (nSPS) is 22.9. The Kier molecular flexibility index (Phi) is 5.15. The molecule has 1 aliphatic heterocycles. The quantitative estimate of drug-likeness (QED) is 0.913. The number of aryl methyl sites for hydroxylation is 1. The predicted molar refractivity (Wildman–Crippen MR) is 79.6 cm³/mol. The Morgan fingerprint density at radius 3 is 2.90 bits per heavy atom. The van der Waals surface area contributed by atoms with Crippen LogP contribution in [-0.4, -0.2) is 43.6 Å². The minimum Gasteiger partial charge on any atom is -0.370 e. The van der Waals surface area contributed by atoms with E-state index in [1.54, 1.807) is 0 Å². The zero-order valence-electron chi connectivity index (χ0n) is 12.6. The monoisotopic (exact) mass is 276 g/mol. The van der Waals surface area contributed by atoms with Gasteiger partial charge in [0.1, 0.15) is 6.10 Å². The molecular weight excluding hydrogens is 252 g/mol. The van der Waals surface area contributed by atoms with E-state index in [1.807, 2.05) is 31.0 Å². The third-order valence-corrected chi connectivity index (χ3v) is 3.88. The van der Waals surface area contributed by atoms with Crippen molar-refractivity contribution < 1.29 is 9.53 Å². The van der Waals surface area contributed by atoms with Crippen molar-refractivity contribution in [3.8, 4) is 0 Å². The number of hydrogen-bond acceptors (Lipinski definition) is 3. The Morgan fingerprint density at radius 2 is 2.20 bits per heavy atom. The van der Waals surface area contributed by atoms with Crippen LogP contribution < -0.4 is 5.32 Å². The average Bonchev–Trinajstić information content (AvgIpc) is 2.46. The van der Waals surface area contributed by atoms with Crippen LogP contribution in [0, 0.1) is 6.92 Å². The van der Waals surface area contributed by atoms with Gasteiger partial charge in [-0.3, -0.25) is 4.79 Å². The molecule has 1 fully saturated rings. The lowest BCUT2D eigenvalue weighted by atomic mass is 10.0. The summed E-state index contributed by atoms with van der Waals surface area (Å²) in [6.45, 7) is 6.10. The summed E-state index contributed by atoms with van der Waals surface area (Å²) in [6, 6.07) is 8.38. The number of rotatable bonds is 4. The molecule has 1 aromatic rings. The molecule has 0 spiro atoms. The molecule has 1 heterocycles. The second kappa shape index (κ2) is 6.86. The highest BCUT2D eigenvalue weighted by atomic mass is 16.5. The van der Waals surface area contributed by atoms with Crippen molar-refractivity contribution in [1.29, 1.82) is 0 Å². The fraction of sp³-hybridized carbons (Fsp3) is 0.562. The SMILES string of the molecule is CNCCC(=O)N1CC(c2ccccc2C)OCC1C. The van der Waals surface area contributed by atoms with Crippen molar-refractivity contribution in [2.24, 2.45) is 0 Å². The van der Waals surface area contributed by atoms with Crippen LogP contribution in [0.15, 0.2) is 24.3 Å². The molecule has 0 aliphatic carbocycles. The summed E-state index contributed by atoms with van der Waals surface area (Å²) in [5.74, 6) is 0.203. The van der Waals surface area contributed by atoms with E-state index in [9.17, 15) is 4.79 Å². The van der Waals surface area contributed by atoms with Gasteiger partial charge in [0.15, 0.2) is 0 Å². The van der Waals surface area contributed by atoms with Crippen LogP contribution in [0.5, 0.6) is 0 Å². The zero-order chi connectivity index (χ0) is 14.5. The molecule has 0 radical (unpaired) electrons. The zero-order valence-corrected chi connectivity index (χ0v) is 12.6. The standard InChI is InChI=1S/C16H24N2O2/c1-12-6-4-5-7-14(12)15-10-18(13(2)11-20-15)16(19)8-9-17-3/h4-7,13,15,17H,8-11H2,1-3H3. The number of amides is 1. The highest BCUT2D eigenvalue weighted by Gasteiger charge is 2.30. The second-order valence-corrected chi connectivity index (χ2v) is 5.43. The predicted octanol–water partition coefficient (Wildman–Crippen LogP) is 1.89. The lowest BCUT2D eigenvalue weighted by molar-refractivity contribution is -0.144. The van der Waals surface area contributed by atoms with Crippen molar-refractivity contribution in [2.75, 3.05) is 26.7 Å². The fourth-order valence-corrected chi connectivity index (χ4v) is 2.62. The topological polar surface area (TPSA) is 41.6 Å². The van der Waals surface area contributed by atoms with Crippen LogP contribution >= 0.6 is 0 Å². The maximum Gasteiger partial charge on any atom is 0.224 e. The molecule has 2 atom stereocenters. The molecule has 2 rings (SSSR count). The first-order chi connectivity index (χ1) is 9.63. The summed E-state index contributed by atoms with van der Waals surface area (Å²) >= 11 is 0. The molecule has 4 nitrogen and oxygen atoms in total. The summed E-state index contributed by atoms with van der Waals surface area (Å²) < 4.78 is 5.93. The highest BCUT2D eigenvalue weighted by Crippen LogP contribution is 2.27. The highest BCUT2D eigenvalue weighted by molar-refractivity contribution is 5.76. The summed E-state index contributed by atoms with van der Waals surface area (Å²) in [5.41, 5.74) is 2.40. The molecule has 1 aliphatic rings. The van der Waals surface area contributed by atoms with E-state index in [-0.39, 0.29) is 18.1 Å². The van der Waals surface area contributed by atoms with Gasteiger partial charge in [-0.05, 0) is 32.0 Å². The van der Waals surface area contributed by atoms with Crippen LogP contribution in [0.1, 0.15) is 30.6 Å². The van der Waals surface area contributed by atoms with Gasteiger partial charge in [-0.2, -0.15) is 0 Å². The Morgan fingerprint density at radius 1 is 1.45 bits per heavy atom. The van der Waals surface area contributed by atoms with Gasteiger partial charge in [0, 0.05) is 13.0 Å². The molecule has 0 bridgehead atoms. The number of hydrogen-bond donors (Lipinski definition) is 1. The summed E-state index contributed by atoms with van der Waals surface area (Å²) in [5, 5.41) is 3.03. The number of benzene rings is 1. The second-order valence-electron chi connectivity index (χ2n) is 5.43. The molecule has 1 N–H and O–H groups in total. The molecule has 20 heavy (non-hydrogen) atoms. The van der Waals surface area contributed by atoms with Crippen LogP contribution in [0.4, 0.5) is 0 Å². The Balaban J connectivity index is 2.08. The van der Waals surface area contributed by atoms with Gasteiger partial charge in [-0.25, -0.2) is 0 Å². The fourth-order valence-electron chi connectivity index (χ4n) is 2.62. The van der Waals surface area contributed by atoms with Crippen molar-refractivity contribution in [1.82, 2.24) is 10.2 Å². The van der Waals surface area contributed by atoms with E-state index in [1.165, 1.54) is 11.1 Å². The first kappa shape index (κ1) is 15.0. The van der Waals surface area contributed by atoms with Crippen molar-refractivity contribution >= 4 is 5.91 Å². The molecule has 1 aromatic carbocycles. The van der Waals surface area contributed by atoms with E-state index in [0.29, 0.717) is 19.6 Å². The average molecular weight is 276 g/mol. The number of nitrogens with one attached hydrogen (secondary N) is 1. The van der Waals surface area contributed by atoms with Crippen molar-refractivity contribution in [2.45, 2.75) is 32.4 Å². The summed E-state index contributed by atoms with van der Waals surface area (Å²) in [4.78, 5) is 14.2. The minimum atomic E-state index is -0.00839. The van der Waals surface area contributed by atoms with Gasteiger partial charge >= 0.3 is 0 Å². The summed E-state index contributed by atoms with van der Waals surface area (Å²) in [6.07, 6.45) is 0.535.